The van der Waals surface area contributed by atoms with Crippen LogP contribution in [0.25, 0.3) is 0 Å². The third kappa shape index (κ3) is 2.49. The van der Waals surface area contributed by atoms with Crippen LogP contribution in [-0.4, -0.2) is 17.7 Å². The van der Waals surface area contributed by atoms with Crippen LogP contribution >= 0.6 is 0 Å². The highest BCUT2D eigenvalue weighted by atomic mass is 16.3. The lowest BCUT2D eigenvalue weighted by atomic mass is 9.95. The second kappa shape index (κ2) is 4.64. The molecule has 0 saturated carbocycles. The Kier molecular flexibility index (Phi) is 3.23. The molecule has 1 aromatic rings. The fourth-order valence-electron chi connectivity index (χ4n) is 2.07. The quantitative estimate of drug-likeness (QED) is 0.642. The van der Waals surface area contributed by atoms with Gasteiger partial charge in [0.1, 0.15) is 0 Å². The Bertz CT molecular complexity index is 304. The lowest BCUT2D eigenvalue weighted by Crippen LogP contribution is -2.38. The molecule has 0 amide bonds. The number of benzene rings is 1. The Hall–Kier alpha value is -1.06. The van der Waals surface area contributed by atoms with Gasteiger partial charge >= 0.3 is 0 Å². The molecule has 1 saturated heterocycles. The first kappa shape index (κ1) is 10.5. The summed E-state index contributed by atoms with van der Waals surface area (Å²) in [4.78, 5) is 0. The molecule has 0 aliphatic carbocycles. The van der Waals surface area contributed by atoms with Gasteiger partial charge in [-0.2, -0.15) is 0 Å². The Labute approximate surface area is 90.3 Å². The summed E-state index contributed by atoms with van der Waals surface area (Å²) in [5, 5.41) is 13.5. The summed E-state index contributed by atoms with van der Waals surface area (Å²) in [5.74, 6) is 0. The molecule has 2 rings (SSSR count). The first-order valence-corrected chi connectivity index (χ1v) is 5.54. The number of nitrogens with two attached hydrogens (primary N) is 1. The molecule has 1 heterocycles. The van der Waals surface area contributed by atoms with Crippen LogP contribution in [0.15, 0.2) is 24.3 Å². The highest BCUT2D eigenvalue weighted by Gasteiger charge is 2.22. The summed E-state index contributed by atoms with van der Waals surface area (Å²) in [7, 11) is 0. The zero-order valence-corrected chi connectivity index (χ0v) is 8.82. The van der Waals surface area contributed by atoms with Gasteiger partial charge in [-0.1, -0.05) is 18.6 Å². The first-order valence-electron chi connectivity index (χ1n) is 5.54. The molecule has 0 spiro atoms. The van der Waals surface area contributed by atoms with Gasteiger partial charge in [0.15, 0.2) is 0 Å². The lowest BCUT2D eigenvalue weighted by molar-refractivity contribution is 0.114. The highest BCUT2D eigenvalue weighted by Crippen LogP contribution is 2.23. The number of hydrogen-bond acceptors (Lipinski definition) is 3. The molecule has 1 aromatic carbocycles. The minimum Gasteiger partial charge on any atom is -0.399 e. The monoisotopic (exact) mass is 206 g/mol. The Balaban J connectivity index is 2.05. The maximum absolute atomic E-state index is 10.1. The number of rotatable bonds is 2. The summed E-state index contributed by atoms with van der Waals surface area (Å²) in [5.41, 5.74) is 7.29. The Morgan fingerprint density at radius 2 is 2.00 bits per heavy atom. The largest absolute Gasteiger partial charge is 0.399 e. The van der Waals surface area contributed by atoms with E-state index in [2.05, 4.69) is 5.32 Å². The van der Waals surface area contributed by atoms with Crippen molar-refractivity contribution in [1.29, 1.82) is 0 Å². The van der Waals surface area contributed by atoms with Gasteiger partial charge in [-0.25, -0.2) is 0 Å². The van der Waals surface area contributed by atoms with Crippen molar-refractivity contribution in [1.82, 2.24) is 5.32 Å². The molecule has 0 radical (unpaired) electrons. The van der Waals surface area contributed by atoms with E-state index < -0.39 is 6.10 Å². The summed E-state index contributed by atoms with van der Waals surface area (Å²) in [6.07, 6.45) is 3.05. The lowest BCUT2D eigenvalue weighted by Gasteiger charge is -2.28. The van der Waals surface area contributed by atoms with Crippen molar-refractivity contribution in [3.63, 3.8) is 0 Å². The SMILES string of the molecule is Nc1ccc(C(O)C2CCCCN2)cc1. The van der Waals surface area contributed by atoms with E-state index in [4.69, 9.17) is 5.73 Å². The number of anilines is 1. The van der Waals surface area contributed by atoms with Crippen LogP contribution in [0.4, 0.5) is 5.69 Å². The summed E-state index contributed by atoms with van der Waals surface area (Å²) >= 11 is 0. The van der Waals surface area contributed by atoms with E-state index in [1.807, 2.05) is 24.3 Å². The van der Waals surface area contributed by atoms with Crippen LogP contribution in [0.1, 0.15) is 30.9 Å². The Morgan fingerprint density at radius 1 is 1.27 bits per heavy atom. The minimum atomic E-state index is -0.411. The highest BCUT2D eigenvalue weighted by molar-refractivity contribution is 5.40. The molecule has 2 unspecified atom stereocenters. The number of nitrogens with one attached hydrogen (secondary N) is 1. The van der Waals surface area contributed by atoms with Crippen molar-refractivity contribution in [2.24, 2.45) is 0 Å². The predicted octanol–water partition coefficient (Wildman–Crippen LogP) is 1.44. The third-order valence-electron chi connectivity index (χ3n) is 3.01. The van der Waals surface area contributed by atoms with Gasteiger partial charge in [-0.3, -0.25) is 0 Å². The second-order valence-electron chi connectivity index (χ2n) is 4.17. The third-order valence-corrected chi connectivity index (χ3v) is 3.01. The van der Waals surface area contributed by atoms with Gasteiger partial charge in [0.2, 0.25) is 0 Å². The fourth-order valence-corrected chi connectivity index (χ4v) is 2.07. The van der Waals surface area contributed by atoms with Crippen molar-refractivity contribution in [2.75, 3.05) is 12.3 Å². The van der Waals surface area contributed by atoms with Crippen molar-refractivity contribution in [3.05, 3.63) is 29.8 Å². The maximum atomic E-state index is 10.1. The number of aliphatic hydroxyl groups is 1. The van der Waals surface area contributed by atoms with E-state index in [1.165, 1.54) is 12.8 Å². The molecule has 1 fully saturated rings. The average Bonchev–Trinajstić information content (AvgIpc) is 2.30. The topological polar surface area (TPSA) is 58.3 Å². The molecule has 15 heavy (non-hydrogen) atoms. The molecule has 1 aliphatic heterocycles. The van der Waals surface area contributed by atoms with E-state index in [9.17, 15) is 5.11 Å². The Morgan fingerprint density at radius 3 is 2.60 bits per heavy atom. The van der Waals surface area contributed by atoms with Gasteiger partial charge in [0, 0.05) is 11.7 Å². The van der Waals surface area contributed by atoms with Crippen LogP contribution < -0.4 is 11.1 Å². The normalized spacial score (nSPS) is 23.7. The molecular formula is C12H18N2O. The summed E-state index contributed by atoms with van der Waals surface area (Å²) < 4.78 is 0. The van der Waals surface area contributed by atoms with E-state index in [0.717, 1.165) is 24.2 Å². The molecule has 1 aliphatic rings. The molecule has 82 valence electrons. The van der Waals surface area contributed by atoms with Crippen molar-refractivity contribution < 1.29 is 5.11 Å². The van der Waals surface area contributed by atoms with Crippen molar-refractivity contribution in [3.8, 4) is 0 Å². The minimum absolute atomic E-state index is 0.197. The zero-order valence-electron chi connectivity index (χ0n) is 8.82. The van der Waals surface area contributed by atoms with Crippen LogP contribution in [-0.2, 0) is 0 Å². The van der Waals surface area contributed by atoms with Crippen molar-refractivity contribution in [2.45, 2.75) is 31.4 Å². The summed E-state index contributed by atoms with van der Waals surface area (Å²) in [6, 6.07) is 7.66. The smallest absolute Gasteiger partial charge is 0.0942 e. The average molecular weight is 206 g/mol. The van der Waals surface area contributed by atoms with Crippen LogP contribution in [0.3, 0.4) is 0 Å². The number of nitrogen functional groups attached to an aromatic ring is 1. The van der Waals surface area contributed by atoms with Crippen LogP contribution in [0.2, 0.25) is 0 Å². The van der Waals surface area contributed by atoms with E-state index >= 15 is 0 Å². The van der Waals surface area contributed by atoms with Gasteiger partial charge in [0.05, 0.1) is 6.10 Å². The molecule has 0 aromatic heterocycles. The molecule has 2 atom stereocenters. The van der Waals surface area contributed by atoms with Gasteiger partial charge < -0.3 is 16.2 Å². The molecule has 3 nitrogen and oxygen atoms in total. The number of piperidine rings is 1. The number of aliphatic hydroxyl groups excluding tert-OH is 1. The van der Waals surface area contributed by atoms with Crippen LogP contribution in [0, 0.1) is 0 Å². The summed E-state index contributed by atoms with van der Waals surface area (Å²) in [6.45, 7) is 1.01. The zero-order chi connectivity index (χ0) is 10.7. The second-order valence-corrected chi connectivity index (χ2v) is 4.17. The maximum Gasteiger partial charge on any atom is 0.0942 e. The standard InChI is InChI=1S/C12H18N2O/c13-10-6-4-9(5-7-10)12(15)11-3-1-2-8-14-11/h4-7,11-12,14-15H,1-3,8,13H2. The van der Waals surface area contributed by atoms with E-state index in [1.54, 1.807) is 0 Å². The number of hydrogen-bond donors (Lipinski definition) is 3. The van der Waals surface area contributed by atoms with Gasteiger partial charge in [-0.05, 0) is 37.1 Å². The predicted molar refractivity (Wildman–Crippen MR) is 61.5 cm³/mol. The first-order chi connectivity index (χ1) is 7.27. The van der Waals surface area contributed by atoms with Crippen molar-refractivity contribution >= 4 is 5.69 Å². The molecule has 0 bridgehead atoms. The van der Waals surface area contributed by atoms with Gasteiger partial charge in [-0.15, -0.1) is 0 Å². The van der Waals surface area contributed by atoms with E-state index in [-0.39, 0.29) is 6.04 Å². The molecular weight excluding hydrogens is 188 g/mol. The van der Waals surface area contributed by atoms with Gasteiger partial charge in [0.25, 0.3) is 0 Å². The molecule has 3 heteroatoms. The fraction of sp³-hybridized carbons (Fsp3) is 0.500. The van der Waals surface area contributed by atoms with Crippen LogP contribution in [0.5, 0.6) is 0 Å². The van der Waals surface area contributed by atoms with E-state index in [0.29, 0.717) is 0 Å². The molecule has 4 N–H and O–H groups in total.